The maximum Gasteiger partial charge on any atom is 0.182 e. The fraction of sp³-hybridized carbons (Fsp3) is 0.353. The van der Waals surface area contributed by atoms with Crippen LogP contribution in [0.1, 0.15) is 59.3 Å². The molecule has 42 heavy (non-hydrogen) atoms. The van der Waals surface area contributed by atoms with Gasteiger partial charge in [-0.15, -0.1) is 0 Å². The summed E-state index contributed by atoms with van der Waals surface area (Å²) < 4.78 is 38.2. The molecule has 0 saturated heterocycles. The molecule has 0 heterocycles. The molecule has 0 unspecified atom stereocenters. The number of carbonyl (C=O) groups is 1. The van der Waals surface area contributed by atoms with E-state index in [9.17, 15) is 13.2 Å². The molecule has 0 spiro atoms. The number of ketones is 1. The van der Waals surface area contributed by atoms with E-state index in [1.807, 2.05) is 31.7 Å². The normalized spacial score (nSPS) is 12.7. The molecule has 0 aromatic heterocycles. The van der Waals surface area contributed by atoms with Gasteiger partial charge in [-0.3, -0.25) is 4.79 Å². The van der Waals surface area contributed by atoms with Gasteiger partial charge in [0.25, 0.3) is 0 Å². The number of Topliss-reactive ketones (excluding diaryl/α,β-unsaturated/α-hetero) is 1. The van der Waals surface area contributed by atoms with Gasteiger partial charge in [-0.2, -0.15) is 0 Å². The van der Waals surface area contributed by atoms with E-state index in [1.165, 1.54) is 11.8 Å². The zero-order valence-corrected chi connectivity index (χ0v) is 26.0. The Morgan fingerprint density at radius 1 is 1.00 bits per heavy atom. The van der Waals surface area contributed by atoms with Crippen molar-refractivity contribution in [2.24, 2.45) is 4.99 Å². The van der Waals surface area contributed by atoms with Crippen LogP contribution in [0.4, 0.5) is 0 Å². The second-order valence-corrected chi connectivity index (χ2v) is 11.8. The van der Waals surface area contributed by atoms with Crippen molar-refractivity contribution >= 4 is 22.0 Å². The fourth-order valence-corrected chi connectivity index (χ4v) is 6.42. The maximum absolute atomic E-state index is 13.3. The summed E-state index contributed by atoms with van der Waals surface area (Å²) in [5.74, 6) is 1.19. The zero-order valence-electron chi connectivity index (χ0n) is 25.1. The molecule has 3 aromatic carbocycles. The Kier molecular flexibility index (Phi) is 12.4. The Labute approximate surface area is 250 Å². The standard InChI is InChI=1S/C32H36N2O5S.C2H6/c1-4-33-23-34(18-17-25-13-15-31(38-3)24(2)21-25)19-20-39-32-16-14-28-27(11-8-12-30(28)35)29(32)22-40(36,37)26-9-6-5-7-10-26;1-2/h4-7,9-10,13-16,21,23H,1,8,11-12,17-20,22H2,2-3H3;1-2H3. The van der Waals surface area contributed by atoms with Gasteiger partial charge in [0, 0.05) is 30.3 Å². The zero-order chi connectivity index (χ0) is 30.5. The largest absolute Gasteiger partial charge is 0.496 e. The van der Waals surface area contributed by atoms with Crippen LogP contribution in [0.3, 0.4) is 0 Å². The number of methoxy groups -OCH3 is 1. The number of carbonyl (C=O) groups excluding carboxylic acids is 1. The SMILES string of the molecule is C=CN=CN(CCOc1ccc2c(c1CS(=O)(=O)c1ccccc1)CCCC2=O)CCc1ccc(OC)c(C)c1.CC. The molecule has 1 aliphatic rings. The van der Waals surface area contributed by atoms with Crippen LogP contribution in [-0.4, -0.2) is 52.2 Å². The van der Waals surface area contributed by atoms with Gasteiger partial charge in [0.15, 0.2) is 15.6 Å². The van der Waals surface area contributed by atoms with Gasteiger partial charge in [-0.1, -0.05) is 50.8 Å². The number of aliphatic imine (C=N–C) groups is 1. The highest BCUT2D eigenvalue weighted by molar-refractivity contribution is 7.90. The fourth-order valence-electron chi connectivity index (χ4n) is 4.98. The molecule has 0 atom stereocenters. The topological polar surface area (TPSA) is 85.3 Å². The van der Waals surface area contributed by atoms with E-state index in [-0.39, 0.29) is 16.4 Å². The number of hydrogen-bond donors (Lipinski definition) is 0. The first-order valence-corrected chi connectivity index (χ1v) is 16.1. The molecule has 0 fully saturated rings. The highest BCUT2D eigenvalue weighted by atomic mass is 32.2. The molecule has 0 N–H and O–H groups in total. The van der Waals surface area contributed by atoms with Crippen LogP contribution in [0.25, 0.3) is 0 Å². The van der Waals surface area contributed by atoms with Crippen LogP contribution in [0.2, 0.25) is 0 Å². The lowest BCUT2D eigenvalue weighted by Gasteiger charge is -2.23. The van der Waals surface area contributed by atoms with Crippen LogP contribution in [-0.2, 0) is 28.4 Å². The van der Waals surface area contributed by atoms with Crippen LogP contribution in [0.5, 0.6) is 11.5 Å². The molecule has 8 heteroatoms. The first-order chi connectivity index (χ1) is 20.3. The molecule has 0 aliphatic heterocycles. The quantitative estimate of drug-likeness (QED) is 0.164. The summed E-state index contributed by atoms with van der Waals surface area (Å²) in [5.41, 5.74) is 4.23. The summed E-state index contributed by atoms with van der Waals surface area (Å²) in [4.78, 5) is 19.1. The smallest absolute Gasteiger partial charge is 0.182 e. The third kappa shape index (κ3) is 8.55. The number of fused-ring (bicyclic) bond motifs is 1. The van der Waals surface area contributed by atoms with Crippen molar-refractivity contribution in [3.8, 4) is 11.5 Å². The number of hydrogen-bond acceptors (Lipinski definition) is 6. The lowest BCUT2D eigenvalue weighted by atomic mass is 9.87. The Hall–Kier alpha value is -3.91. The third-order valence-corrected chi connectivity index (χ3v) is 8.73. The minimum atomic E-state index is -3.63. The van der Waals surface area contributed by atoms with E-state index in [1.54, 1.807) is 55.9 Å². The van der Waals surface area contributed by atoms with E-state index in [2.05, 4.69) is 23.7 Å². The van der Waals surface area contributed by atoms with Gasteiger partial charge in [-0.25, -0.2) is 13.4 Å². The minimum absolute atomic E-state index is 0.0479. The molecule has 3 aromatic rings. The van der Waals surface area contributed by atoms with Crippen LogP contribution in [0, 0.1) is 6.92 Å². The van der Waals surface area contributed by atoms with E-state index in [0.29, 0.717) is 55.8 Å². The van der Waals surface area contributed by atoms with Crippen molar-refractivity contribution in [3.63, 3.8) is 0 Å². The Bertz CT molecular complexity index is 1480. The number of nitrogens with zero attached hydrogens (tertiary/aromatic N) is 2. The first kappa shape index (κ1) is 32.6. The summed E-state index contributed by atoms with van der Waals surface area (Å²) in [6.45, 7) is 11.3. The molecule has 1 aliphatic carbocycles. The number of benzene rings is 3. The number of sulfone groups is 1. The van der Waals surface area contributed by atoms with E-state index >= 15 is 0 Å². The third-order valence-electron chi connectivity index (χ3n) is 7.07. The minimum Gasteiger partial charge on any atom is -0.496 e. The van der Waals surface area contributed by atoms with Crippen molar-refractivity contribution < 1.29 is 22.7 Å². The molecule has 0 bridgehead atoms. The van der Waals surface area contributed by atoms with Gasteiger partial charge in [-0.05, 0) is 73.2 Å². The van der Waals surface area contributed by atoms with Crippen molar-refractivity contribution in [1.29, 1.82) is 0 Å². The molecular weight excluding hydrogens is 548 g/mol. The summed E-state index contributed by atoms with van der Waals surface area (Å²) in [7, 11) is -1.97. The predicted molar refractivity (Wildman–Crippen MR) is 170 cm³/mol. The average Bonchev–Trinajstić information content (AvgIpc) is 3.00. The van der Waals surface area contributed by atoms with Crippen molar-refractivity contribution in [2.45, 2.75) is 57.1 Å². The summed E-state index contributed by atoms with van der Waals surface area (Å²) in [6, 6.07) is 18.0. The predicted octanol–water partition coefficient (Wildman–Crippen LogP) is 6.62. The summed E-state index contributed by atoms with van der Waals surface area (Å²) in [5, 5.41) is 0. The van der Waals surface area contributed by atoms with Crippen LogP contribution in [0.15, 0.2) is 83.3 Å². The van der Waals surface area contributed by atoms with Gasteiger partial charge in [0.05, 0.1) is 30.6 Å². The average molecular weight is 591 g/mol. The lowest BCUT2D eigenvalue weighted by Crippen LogP contribution is -2.29. The summed E-state index contributed by atoms with van der Waals surface area (Å²) in [6.07, 6.45) is 5.85. The van der Waals surface area contributed by atoms with Crippen LogP contribution >= 0.6 is 0 Å². The van der Waals surface area contributed by atoms with Gasteiger partial charge < -0.3 is 14.4 Å². The molecular formula is C34H42N2O5S. The number of ether oxygens (including phenoxy) is 2. The Morgan fingerprint density at radius 2 is 1.74 bits per heavy atom. The highest BCUT2D eigenvalue weighted by Gasteiger charge is 2.26. The first-order valence-electron chi connectivity index (χ1n) is 14.4. The molecule has 0 amide bonds. The molecule has 0 saturated carbocycles. The second kappa shape index (κ2) is 15.9. The molecule has 224 valence electrons. The van der Waals surface area contributed by atoms with Gasteiger partial charge >= 0.3 is 0 Å². The molecule has 0 radical (unpaired) electrons. The van der Waals surface area contributed by atoms with Crippen molar-refractivity contribution in [2.75, 3.05) is 26.8 Å². The Morgan fingerprint density at radius 3 is 2.43 bits per heavy atom. The molecule has 4 rings (SSSR count). The van der Waals surface area contributed by atoms with Crippen molar-refractivity contribution in [3.05, 3.63) is 101 Å². The lowest BCUT2D eigenvalue weighted by molar-refractivity contribution is 0.0972. The second-order valence-electron chi connectivity index (χ2n) is 9.80. The van der Waals surface area contributed by atoms with E-state index < -0.39 is 9.84 Å². The van der Waals surface area contributed by atoms with Crippen molar-refractivity contribution in [1.82, 2.24) is 4.90 Å². The van der Waals surface area contributed by atoms with E-state index in [0.717, 1.165) is 23.3 Å². The van der Waals surface area contributed by atoms with Gasteiger partial charge in [0.2, 0.25) is 0 Å². The number of aryl methyl sites for hydroxylation is 1. The maximum atomic E-state index is 13.3. The van der Waals surface area contributed by atoms with E-state index in [4.69, 9.17) is 9.47 Å². The monoisotopic (exact) mass is 590 g/mol. The van der Waals surface area contributed by atoms with Gasteiger partial charge in [0.1, 0.15) is 18.1 Å². The highest BCUT2D eigenvalue weighted by Crippen LogP contribution is 2.34. The molecule has 7 nitrogen and oxygen atoms in total. The Balaban J connectivity index is 0.00000237. The van der Waals surface area contributed by atoms with Crippen LogP contribution < -0.4 is 9.47 Å². The summed E-state index contributed by atoms with van der Waals surface area (Å²) >= 11 is 0. The number of rotatable bonds is 13.